The van der Waals surface area contributed by atoms with Crippen LogP contribution in [-0.4, -0.2) is 27.6 Å². The molecule has 124 valence electrons. The highest BCUT2D eigenvalue weighted by atomic mass is 32.1. The molecule has 6 nitrogen and oxygen atoms in total. The van der Waals surface area contributed by atoms with Crippen LogP contribution in [0.4, 0.5) is 9.52 Å². The van der Waals surface area contributed by atoms with Crippen LogP contribution in [0, 0.1) is 5.82 Å². The number of anilines is 1. The fourth-order valence-corrected chi connectivity index (χ4v) is 2.86. The van der Waals surface area contributed by atoms with E-state index in [2.05, 4.69) is 15.3 Å². The van der Waals surface area contributed by atoms with Gasteiger partial charge in [0.05, 0.1) is 19.1 Å². The van der Waals surface area contributed by atoms with Gasteiger partial charge in [0.15, 0.2) is 16.7 Å². The maximum atomic E-state index is 13.8. The Morgan fingerprint density at radius 3 is 2.96 bits per heavy atom. The zero-order valence-corrected chi connectivity index (χ0v) is 13.9. The van der Waals surface area contributed by atoms with Crippen molar-refractivity contribution in [1.82, 2.24) is 14.5 Å². The van der Waals surface area contributed by atoms with Gasteiger partial charge in [0, 0.05) is 23.3 Å². The van der Waals surface area contributed by atoms with Gasteiger partial charge >= 0.3 is 0 Å². The molecule has 0 aliphatic rings. The number of ether oxygens (including phenoxy) is 1. The van der Waals surface area contributed by atoms with Crippen molar-refractivity contribution in [3.63, 3.8) is 0 Å². The number of methoxy groups -OCH3 is 1. The Bertz CT molecular complexity index is 848. The number of carbonyl (C=O) groups is 1. The number of aromatic nitrogens is 3. The smallest absolute Gasteiger partial charge is 0.248 e. The third-order valence-electron chi connectivity index (χ3n) is 3.53. The Morgan fingerprint density at radius 1 is 1.46 bits per heavy atom. The molecule has 0 fully saturated rings. The van der Waals surface area contributed by atoms with Gasteiger partial charge in [0.2, 0.25) is 5.91 Å². The van der Waals surface area contributed by atoms with Crippen LogP contribution in [0.5, 0.6) is 5.75 Å². The lowest BCUT2D eigenvalue weighted by Gasteiger charge is -2.11. The first-order valence-corrected chi connectivity index (χ1v) is 8.04. The Kier molecular flexibility index (Phi) is 4.57. The summed E-state index contributed by atoms with van der Waals surface area (Å²) in [6, 6.07) is 4.21. The molecule has 1 aromatic carbocycles. The average Bonchev–Trinajstić information content (AvgIpc) is 3.26. The largest absolute Gasteiger partial charge is 0.494 e. The molecule has 1 atom stereocenters. The maximum Gasteiger partial charge on any atom is 0.248 e. The van der Waals surface area contributed by atoms with Crippen LogP contribution in [-0.2, 0) is 4.79 Å². The molecule has 0 bridgehead atoms. The zero-order chi connectivity index (χ0) is 17.1. The summed E-state index contributed by atoms with van der Waals surface area (Å²) < 4.78 is 20.4. The van der Waals surface area contributed by atoms with E-state index in [1.54, 1.807) is 47.7 Å². The number of halogens is 1. The van der Waals surface area contributed by atoms with Crippen LogP contribution in [0.1, 0.15) is 13.0 Å². The topological polar surface area (TPSA) is 69.0 Å². The maximum absolute atomic E-state index is 13.8. The number of nitrogens with zero attached hydrogens (tertiary/aromatic N) is 3. The molecular formula is C16H15FN4O2S. The highest BCUT2D eigenvalue weighted by Crippen LogP contribution is 2.28. The summed E-state index contributed by atoms with van der Waals surface area (Å²) in [5.41, 5.74) is 1.21. The number of benzene rings is 1. The summed E-state index contributed by atoms with van der Waals surface area (Å²) in [5, 5.41) is 4.98. The molecule has 24 heavy (non-hydrogen) atoms. The number of carbonyl (C=O) groups excluding carboxylic acids is 1. The van der Waals surface area contributed by atoms with Gasteiger partial charge in [-0.1, -0.05) is 0 Å². The van der Waals surface area contributed by atoms with E-state index in [-0.39, 0.29) is 11.7 Å². The quantitative estimate of drug-likeness (QED) is 0.769. The number of rotatable bonds is 5. The lowest BCUT2D eigenvalue weighted by molar-refractivity contribution is -0.118. The van der Waals surface area contributed by atoms with Crippen molar-refractivity contribution in [3.8, 4) is 17.0 Å². The highest BCUT2D eigenvalue weighted by molar-refractivity contribution is 7.14. The molecule has 2 aromatic heterocycles. The van der Waals surface area contributed by atoms with Gasteiger partial charge in [-0.3, -0.25) is 4.79 Å². The van der Waals surface area contributed by atoms with E-state index in [0.29, 0.717) is 16.4 Å². The standard InChI is InChI=1S/C16H15FN4O2S/c1-10(21-6-5-18-9-21)15(22)20-16-19-13(8-24-16)11-3-4-14(23-2)12(17)7-11/h3-10H,1-2H3,(H,19,20,22)/t10-/m1/s1. The van der Waals surface area contributed by atoms with Gasteiger partial charge < -0.3 is 14.6 Å². The molecule has 1 N–H and O–H groups in total. The second-order valence-electron chi connectivity index (χ2n) is 5.06. The van der Waals surface area contributed by atoms with Gasteiger partial charge in [-0.15, -0.1) is 11.3 Å². The normalized spacial score (nSPS) is 12.0. The highest BCUT2D eigenvalue weighted by Gasteiger charge is 2.16. The molecule has 8 heteroatoms. The fourth-order valence-electron chi connectivity index (χ4n) is 2.13. The van der Waals surface area contributed by atoms with E-state index in [1.807, 2.05) is 0 Å². The number of thiazole rings is 1. The van der Waals surface area contributed by atoms with E-state index in [9.17, 15) is 9.18 Å². The molecule has 1 amide bonds. The number of nitrogens with one attached hydrogen (secondary N) is 1. The molecule has 3 rings (SSSR count). The van der Waals surface area contributed by atoms with E-state index >= 15 is 0 Å². The van der Waals surface area contributed by atoms with E-state index < -0.39 is 11.9 Å². The third kappa shape index (κ3) is 3.28. The SMILES string of the molecule is COc1ccc(-c2csc(NC(=O)[C@@H](C)n3ccnc3)n2)cc1F. The predicted molar refractivity (Wildman–Crippen MR) is 89.6 cm³/mol. The molecule has 0 radical (unpaired) electrons. The minimum atomic E-state index is -0.456. The van der Waals surface area contributed by atoms with E-state index in [0.717, 1.165) is 0 Å². The van der Waals surface area contributed by atoms with Crippen LogP contribution in [0.15, 0.2) is 42.3 Å². The Morgan fingerprint density at radius 2 is 2.29 bits per heavy atom. The molecular weight excluding hydrogens is 331 g/mol. The van der Waals surface area contributed by atoms with Gasteiger partial charge in [-0.25, -0.2) is 14.4 Å². The molecule has 0 unspecified atom stereocenters. The second-order valence-corrected chi connectivity index (χ2v) is 5.92. The van der Waals surface area contributed by atoms with E-state index in [1.165, 1.54) is 24.5 Å². The average molecular weight is 346 g/mol. The van der Waals surface area contributed by atoms with Crippen LogP contribution < -0.4 is 10.1 Å². The summed E-state index contributed by atoms with van der Waals surface area (Å²) in [5.74, 6) is -0.478. The van der Waals surface area contributed by atoms with Gasteiger partial charge in [0.25, 0.3) is 0 Å². The molecule has 2 heterocycles. The summed E-state index contributed by atoms with van der Waals surface area (Å²) in [7, 11) is 1.41. The number of hydrogen-bond donors (Lipinski definition) is 1. The molecule has 0 spiro atoms. The first kappa shape index (κ1) is 16.1. The number of hydrogen-bond acceptors (Lipinski definition) is 5. The monoisotopic (exact) mass is 346 g/mol. The lowest BCUT2D eigenvalue weighted by atomic mass is 10.1. The van der Waals surface area contributed by atoms with Crippen LogP contribution >= 0.6 is 11.3 Å². The van der Waals surface area contributed by atoms with Crippen LogP contribution in [0.25, 0.3) is 11.3 Å². The van der Waals surface area contributed by atoms with Crippen molar-refractivity contribution in [1.29, 1.82) is 0 Å². The Hall–Kier alpha value is -2.74. The number of imidazole rings is 1. The van der Waals surface area contributed by atoms with Crippen LogP contribution in [0.2, 0.25) is 0 Å². The summed E-state index contributed by atoms with van der Waals surface area (Å²) in [6.45, 7) is 1.77. The molecule has 3 aromatic rings. The lowest BCUT2D eigenvalue weighted by Crippen LogP contribution is -2.22. The van der Waals surface area contributed by atoms with Crippen molar-refractivity contribution >= 4 is 22.4 Å². The minimum absolute atomic E-state index is 0.177. The van der Waals surface area contributed by atoms with Gasteiger partial charge in [-0.05, 0) is 25.1 Å². The molecule has 0 saturated carbocycles. The van der Waals surface area contributed by atoms with Crippen LogP contribution in [0.3, 0.4) is 0 Å². The molecule has 0 aliphatic carbocycles. The predicted octanol–water partition coefficient (Wildman–Crippen LogP) is 3.35. The van der Waals surface area contributed by atoms with Gasteiger partial charge in [-0.2, -0.15) is 0 Å². The fraction of sp³-hybridized carbons (Fsp3) is 0.188. The first-order valence-electron chi connectivity index (χ1n) is 7.16. The van der Waals surface area contributed by atoms with E-state index in [4.69, 9.17) is 4.74 Å². The minimum Gasteiger partial charge on any atom is -0.494 e. The summed E-state index contributed by atoms with van der Waals surface area (Å²) >= 11 is 1.28. The molecule has 0 aliphatic heterocycles. The number of amides is 1. The Balaban J connectivity index is 1.74. The first-order chi connectivity index (χ1) is 11.6. The van der Waals surface area contributed by atoms with Crippen molar-refractivity contribution < 1.29 is 13.9 Å². The summed E-state index contributed by atoms with van der Waals surface area (Å²) in [6.07, 6.45) is 4.92. The Labute approximate surface area is 141 Å². The summed E-state index contributed by atoms with van der Waals surface area (Å²) in [4.78, 5) is 20.5. The molecule has 0 saturated heterocycles. The van der Waals surface area contributed by atoms with Crippen molar-refractivity contribution in [2.24, 2.45) is 0 Å². The third-order valence-corrected chi connectivity index (χ3v) is 4.29. The van der Waals surface area contributed by atoms with Crippen molar-refractivity contribution in [3.05, 3.63) is 48.1 Å². The second kappa shape index (κ2) is 6.79. The van der Waals surface area contributed by atoms with Crippen molar-refractivity contribution in [2.45, 2.75) is 13.0 Å². The van der Waals surface area contributed by atoms with Gasteiger partial charge in [0.1, 0.15) is 6.04 Å². The zero-order valence-electron chi connectivity index (χ0n) is 13.1. The van der Waals surface area contributed by atoms with Crippen molar-refractivity contribution in [2.75, 3.05) is 12.4 Å².